The Morgan fingerprint density at radius 1 is 1.45 bits per heavy atom. The molecule has 112 valence electrons. The number of methoxy groups -OCH3 is 1. The Morgan fingerprint density at radius 3 is 2.60 bits per heavy atom. The Hall–Kier alpha value is -1.95. The summed E-state index contributed by atoms with van der Waals surface area (Å²) in [7, 11) is 1.25. The lowest BCUT2D eigenvalue weighted by molar-refractivity contribution is -0.148. The van der Waals surface area contributed by atoms with Crippen molar-refractivity contribution in [2.75, 3.05) is 7.11 Å². The fourth-order valence-corrected chi connectivity index (χ4v) is 2.24. The molecule has 20 heavy (non-hydrogen) atoms. The van der Waals surface area contributed by atoms with Gasteiger partial charge in [-0.2, -0.15) is 0 Å². The van der Waals surface area contributed by atoms with Gasteiger partial charge in [0.1, 0.15) is 11.1 Å². The number of hydrogen-bond donors (Lipinski definition) is 1. The normalized spacial score (nSPS) is 25.5. The second-order valence-electron chi connectivity index (χ2n) is 5.80. The fourth-order valence-electron chi connectivity index (χ4n) is 2.24. The quantitative estimate of drug-likeness (QED) is 0.370. The fraction of sp³-hybridized carbons (Fsp3) is 0.833. The van der Waals surface area contributed by atoms with Crippen LogP contribution in [0.2, 0.25) is 0 Å². The summed E-state index contributed by atoms with van der Waals surface area (Å²) in [5, 5.41) is 6.17. The zero-order valence-corrected chi connectivity index (χ0v) is 12.2. The van der Waals surface area contributed by atoms with E-state index >= 15 is 0 Å². The molecule has 0 aliphatic heterocycles. The summed E-state index contributed by atoms with van der Waals surface area (Å²) in [5.74, 6) is -0.556. The van der Waals surface area contributed by atoms with Gasteiger partial charge in [-0.15, -0.1) is 0 Å². The van der Waals surface area contributed by atoms with E-state index in [2.05, 4.69) is 15.3 Å². The van der Waals surface area contributed by atoms with Gasteiger partial charge in [0, 0.05) is 11.0 Å². The molecule has 0 radical (unpaired) electrons. The van der Waals surface area contributed by atoms with Gasteiger partial charge < -0.3 is 14.8 Å². The van der Waals surface area contributed by atoms with E-state index in [1.165, 1.54) is 7.11 Å². The van der Waals surface area contributed by atoms with Gasteiger partial charge >= 0.3 is 12.1 Å². The standard InChI is InChI=1S/C12H20N4O4/c1-11(2,3)20-10(18)14-12(9(17)19-4)6-5-8(7-12)15-16-13/h8H,5-7H2,1-4H3,(H,14,18)/t8-,12-/m1/s1. The van der Waals surface area contributed by atoms with Gasteiger partial charge in [0.05, 0.1) is 7.11 Å². The molecule has 1 saturated carbocycles. The minimum Gasteiger partial charge on any atom is -0.467 e. The molecular weight excluding hydrogens is 264 g/mol. The van der Waals surface area contributed by atoms with Crippen LogP contribution >= 0.6 is 0 Å². The first-order valence-electron chi connectivity index (χ1n) is 6.36. The van der Waals surface area contributed by atoms with Gasteiger partial charge in [-0.05, 0) is 45.6 Å². The Morgan fingerprint density at radius 2 is 2.10 bits per heavy atom. The van der Waals surface area contributed by atoms with E-state index < -0.39 is 23.2 Å². The lowest BCUT2D eigenvalue weighted by atomic mass is 9.97. The molecule has 0 aromatic carbocycles. The summed E-state index contributed by atoms with van der Waals surface area (Å²) in [4.78, 5) is 26.6. The first-order chi connectivity index (χ1) is 9.22. The van der Waals surface area contributed by atoms with Crippen LogP contribution in [-0.2, 0) is 14.3 Å². The number of alkyl carbamates (subject to hydrolysis) is 1. The second kappa shape index (κ2) is 6.00. The van der Waals surface area contributed by atoms with E-state index in [1.54, 1.807) is 20.8 Å². The van der Waals surface area contributed by atoms with Crippen LogP contribution in [0.15, 0.2) is 5.11 Å². The zero-order chi connectivity index (χ0) is 15.4. The first-order valence-corrected chi connectivity index (χ1v) is 6.36. The molecule has 0 aromatic rings. The molecule has 1 N–H and O–H groups in total. The maximum atomic E-state index is 12.0. The Labute approximate surface area is 117 Å². The number of rotatable bonds is 3. The Balaban J connectivity index is 2.84. The average Bonchev–Trinajstić information content (AvgIpc) is 2.70. The number of nitrogens with zero attached hydrogens (tertiary/aromatic N) is 3. The number of nitrogens with one attached hydrogen (secondary N) is 1. The van der Waals surface area contributed by atoms with Crippen molar-refractivity contribution in [1.29, 1.82) is 0 Å². The van der Waals surface area contributed by atoms with Gasteiger partial charge in [0.15, 0.2) is 0 Å². The minimum atomic E-state index is -1.18. The lowest BCUT2D eigenvalue weighted by Crippen LogP contribution is -2.54. The topological polar surface area (TPSA) is 113 Å². The number of carbonyl (C=O) groups is 2. The van der Waals surface area contributed by atoms with Crippen LogP contribution in [0.5, 0.6) is 0 Å². The van der Waals surface area contributed by atoms with Gasteiger partial charge in [0.2, 0.25) is 0 Å². The summed E-state index contributed by atoms with van der Waals surface area (Å²) < 4.78 is 9.90. The monoisotopic (exact) mass is 284 g/mol. The molecule has 1 aliphatic carbocycles. The third kappa shape index (κ3) is 4.03. The molecular formula is C12H20N4O4. The van der Waals surface area contributed by atoms with E-state index in [4.69, 9.17) is 15.0 Å². The van der Waals surface area contributed by atoms with E-state index in [-0.39, 0.29) is 12.5 Å². The number of hydrogen-bond acceptors (Lipinski definition) is 5. The molecule has 2 atom stereocenters. The van der Waals surface area contributed by atoms with Crippen molar-refractivity contribution in [2.24, 2.45) is 5.11 Å². The molecule has 0 unspecified atom stereocenters. The number of amides is 1. The molecule has 8 nitrogen and oxygen atoms in total. The van der Waals surface area contributed by atoms with Crippen molar-refractivity contribution >= 4 is 12.1 Å². The second-order valence-corrected chi connectivity index (χ2v) is 5.80. The SMILES string of the molecule is COC(=O)[C@@]1(NC(=O)OC(C)(C)C)CC[C@@H](N=[N+]=[N-])C1. The molecule has 1 fully saturated rings. The third-order valence-corrected chi connectivity index (χ3v) is 3.02. The van der Waals surface area contributed by atoms with Gasteiger partial charge in [-0.3, -0.25) is 0 Å². The van der Waals surface area contributed by atoms with E-state index in [9.17, 15) is 9.59 Å². The predicted octanol–water partition coefficient (Wildman–Crippen LogP) is 2.29. The van der Waals surface area contributed by atoms with Crippen LogP contribution in [0.3, 0.4) is 0 Å². The predicted molar refractivity (Wildman–Crippen MR) is 70.9 cm³/mol. The van der Waals surface area contributed by atoms with Crippen LogP contribution in [0.25, 0.3) is 10.4 Å². The highest BCUT2D eigenvalue weighted by Gasteiger charge is 2.48. The van der Waals surface area contributed by atoms with Crippen LogP contribution in [0.1, 0.15) is 40.0 Å². The van der Waals surface area contributed by atoms with Crippen molar-refractivity contribution in [3.63, 3.8) is 0 Å². The van der Waals surface area contributed by atoms with E-state index in [0.29, 0.717) is 12.8 Å². The molecule has 0 saturated heterocycles. The molecule has 1 aliphatic rings. The molecule has 1 amide bonds. The summed E-state index contributed by atoms with van der Waals surface area (Å²) in [5.41, 5.74) is 6.61. The molecule has 0 heterocycles. The zero-order valence-electron chi connectivity index (χ0n) is 12.2. The first kappa shape index (κ1) is 16.1. The number of azide groups is 1. The third-order valence-electron chi connectivity index (χ3n) is 3.02. The summed E-state index contributed by atoms with van der Waals surface area (Å²) in [6, 6.07) is -0.339. The van der Waals surface area contributed by atoms with Crippen LogP contribution < -0.4 is 5.32 Å². The highest BCUT2D eigenvalue weighted by atomic mass is 16.6. The maximum Gasteiger partial charge on any atom is 0.408 e. The number of esters is 1. The largest absolute Gasteiger partial charge is 0.467 e. The molecule has 0 spiro atoms. The number of ether oxygens (including phenoxy) is 2. The minimum absolute atomic E-state index is 0.211. The Bertz CT molecular complexity index is 439. The smallest absolute Gasteiger partial charge is 0.408 e. The van der Waals surface area contributed by atoms with E-state index in [0.717, 1.165) is 0 Å². The molecule has 1 rings (SSSR count). The van der Waals surface area contributed by atoms with Gasteiger partial charge in [-0.1, -0.05) is 5.11 Å². The maximum absolute atomic E-state index is 12.0. The highest BCUT2D eigenvalue weighted by Crippen LogP contribution is 2.33. The van der Waals surface area contributed by atoms with Crippen molar-refractivity contribution in [3.05, 3.63) is 10.4 Å². The van der Waals surface area contributed by atoms with Crippen LogP contribution in [0.4, 0.5) is 4.79 Å². The molecule has 8 heteroatoms. The van der Waals surface area contributed by atoms with Crippen LogP contribution in [-0.4, -0.2) is 36.4 Å². The van der Waals surface area contributed by atoms with Gasteiger partial charge in [-0.25, -0.2) is 9.59 Å². The molecule has 0 aromatic heterocycles. The number of carbonyl (C=O) groups excluding carboxylic acids is 2. The molecule has 0 bridgehead atoms. The van der Waals surface area contributed by atoms with Crippen molar-refractivity contribution in [2.45, 2.75) is 57.2 Å². The van der Waals surface area contributed by atoms with Crippen molar-refractivity contribution in [1.82, 2.24) is 5.32 Å². The van der Waals surface area contributed by atoms with E-state index in [1.807, 2.05) is 0 Å². The highest BCUT2D eigenvalue weighted by molar-refractivity contribution is 5.86. The average molecular weight is 284 g/mol. The van der Waals surface area contributed by atoms with Crippen molar-refractivity contribution in [3.8, 4) is 0 Å². The van der Waals surface area contributed by atoms with Crippen molar-refractivity contribution < 1.29 is 19.1 Å². The van der Waals surface area contributed by atoms with Gasteiger partial charge in [0.25, 0.3) is 0 Å². The lowest BCUT2D eigenvalue weighted by Gasteiger charge is -2.29. The summed E-state index contributed by atoms with van der Waals surface area (Å²) >= 11 is 0. The Kier molecular flexibility index (Phi) is 4.83. The summed E-state index contributed by atoms with van der Waals surface area (Å²) in [6.07, 6.45) is 0.380. The van der Waals surface area contributed by atoms with Crippen LogP contribution in [0, 0.1) is 0 Å². The summed E-state index contributed by atoms with van der Waals surface area (Å²) in [6.45, 7) is 5.19.